The molecule has 0 bridgehead atoms. The van der Waals surface area contributed by atoms with E-state index in [1.165, 1.54) is 18.9 Å². The van der Waals surface area contributed by atoms with Crippen LogP contribution in [-0.2, 0) is 0 Å². The molecule has 2 rings (SSSR count). The monoisotopic (exact) mass is 296 g/mol. The van der Waals surface area contributed by atoms with Crippen molar-refractivity contribution < 1.29 is 9.90 Å². The molecule has 0 saturated heterocycles. The number of anilines is 1. The molecule has 110 valence electrons. The molecule has 0 amide bonds. The number of halogens is 1. The van der Waals surface area contributed by atoms with Crippen LogP contribution in [-0.4, -0.2) is 28.6 Å². The first-order valence-electron chi connectivity index (χ1n) is 7.15. The molecule has 20 heavy (non-hydrogen) atoms. The number of carbonyl (C=O) groups is 1. The number of carboxylic acid groups (broad SMARTS) is 1. The Kier molecular flexibility index (Phi) is 4.86. The Bertz CT molecular complexity index is 485. The smallest absolute Gasteiger partial charge is 0.335 e. The number of nitrogens with zero attached hydrogens (tertiary/aromatic N) is 2. The zero-order valence-electron chi connectivity index (χ0n) is 12.0. The van der Waals surface area contributed by atoms with Gasteiger partial charge >= 0.3 is 5.97 Å². The molecule has 4 nitrogen and oxygen atoms in total. The normalized spacial score (nSPS) is 15.8. The fourth-order valence-corrected chi connectivity index (χ4v) is 3.00. The number of carboxylic acids is 1. The summed E-state index contributed by atoms with van der Waals surface area (Å²) in [6, 6.07) is 3.48. The third-order valence-electron chi connectivity index (χ3n) is 3.65. The van der Waals surface area contributed by atoms with Gasteiger partial charge in [-0.05, 0) is 30.9 Å². The van der Waals surface area contributed by atoms with Gasteiger partial charge in [-0.25, -0.2) is 9.78 Å². The largest absolute Gasteiger partial charge is 0.478 e. The summed E-state index contributed by atoms with van der Waals surface area (Å²) in [6.07, 6.45) is 4.74. The van der Waals surface area contributed by atoms with Crippen LogP contribution in [0.25, 0.3) is 0 Å². The van der Waals surface area contributed by atoms with Gasteiger partial charge in [-0.2, -0.15) is 0 Å². The van der Waals surface area contributed by atoms with E-state index in [0.717, 1.165) is 19.4 Å². The van der Waals surface area contributed by atoms with Crippen molar-refractivity contribution in [1.82, 2.24) is 4.98 Å². The van der Waals surface area contributed by atoms with Crippen LogP contribution in [0.3, 0.4) is 0 Å². The van der Waals surface area contributed by atoms with E-state index in [1.807, 2.05) is 0 Å². The van der Waals surface area contributed by atoms with Gasteiger partial charge in [0.25, 0.3) is 0 Å². The second kappa shape index (κ2) is 6.44. The van der Waals surface area contributed by atoms with Crippen molar-refractivity contribution in [2.45, 2.75) is 45.6 Å². The highest BCUT2D eigenvalue weighted by molar-refractivity contribution is 6.29. The van der Waals surface area contributed by atoms with Crippen molar-refractivity contribution >= 4 is 23.4 Å². The Morgan fingerprint density at radius 1 is 1.45 bits per heavy atom. The Hall–Kier alpha value is -1.29. The first-order chi connectivity index (χ1) is 9.47. The molecule has 0 spiro atoms. The highest BCUT2D eigenvalue weighted by Crippen LogP contribution is 2.29. The van der Waals surface area contributed by atoms with E-state index in [2.05, 4.69) is 23.7 Å². The molecule has 1 saturated carbocycles. The van der Waals surface area contributed by atoms with Crippen LogP contribution in [0.5, 0.6) is 0 Å². The number of hydrogen-bond donors (Lipinski definition) is 1. The Labute approximate surface area is 124 Å². The highest BCUT2D eigenvalue weighted by Gasteiger charge is 2.25. The molecule has 1 aliphatic carbocycles. The topological polar surface area (TPSA) is 53.4 Å². The van der Waals surface area contributed by atoms with Gasteiger partial charge in [0.1, 0.15) is 11.0 Å². The fraction of sp³-hybridized carbons (Fsp3) is 0.600. The van der Waals surface area contributed by atoms with Crippen molar-refractivity contribution in [1.29, 1.82) is 0 Å². The standard InChI is InChI=1S/C15H21ClN2O2/c1-10(2)9-18(12-5-3-4-6-12)14-8-11(15(19)20)7-13(16)17-14/h7-8,10,12H,3-6,9H2,1-2H3,(H,19,20). The van der Waals surface area contributed by atoms with Crippen LogP contribution in [0.15, 0.2) is 12.1 Å². The van der Waals surface area contributed by atoms with Gasteiger partial charge in [0.2, 0.25) is 0 Å². The first-order valence-corrected chi connectivity index (χ1v) is 7.52. The molecule has 1 heterocycles. The van der Waals surface area contributed by atoms with Crippen LogP contribution < -0.4 is 4.90 Å². The zero-order chi connectivity index (χ0) is 14.7. The molecule has 1 N–H and O–H groups in total. The van der Waals surface area contributed by atoms with E-state index in [9.17, 15) is 4.79 Å². The lowest BCUT2D eigenvalue weighted by atomic mass is 10.1. The summed E-state index contributed by atoms with van der Waals surface area (Å²) in [5.41, 5.74) is 0.201. The number of aromatic nitrogens is 1. The molecule has 0 aliphatic heterocycles. The Morgan fingerprint density at radius 3 is 2.65 bits per heavy atom. The van der Waals surface area contributed by atoms with Crippen LogP contribution in [0.1, 0.15) is 49.9 Å². The minimum Gasteiger partial charge on any atom is -0.478 e. The maximum absolute atomic E-state index is 11.2. The quantitative estimate of drug-likeness (QED) is 0.839. The predicted molar refractivity (Wildman–Crippen MR) is 80.6 cm³/mol. The van der Waals surface area contributed by atoms with Crippen molar-refractivity contribution in [3.05, 3.63) is 22.8 Å². The van der Waals surface area contributed by atoms with Gasteiger partial charge in [-0.15, -0.1) is 0 Å². The molecular weight excluding hydrogens is 276 g/mol. The SMILES string of the molecule is CC(C)CN(c1cc(C(=O)O)cc(Cl)n1)C1CCCC1. The number of rotatable bonds is 5. The van der Waals surface area contributed by atoms with Gasteiger partial charge in [-0.3, -0.25) is 0 Å². The Morgan fingerprint density at radius 2 is 2.10 bits per heavy atom. The first kappa shape index (κ1) is 15.1. The average molecular weight is 297 g/mol. The van der Waals surface area contributed by atoms with Crippen LogP contribution in [0, 0.1) is 5.92 Å². The summed E-state index contributed by atoms with van der Waals surface area (Å²) in [5, 5.41) is 9.40. The molecule has 0 atom stereocenters. The highest BCUT2D eigenvalue weighted by atomic mass is 35.5. The van der Waals surface area contributed by atoms with Gasteiger partial charge in [0, 0.05) is 12.6 Å². The van der Waals surface area contributed by atoms with Crippen molar-refractivity contribution in [3.63, 3.8) is 0 Å². The van der Waals surface area contributed by atoms with E-state index in [0.29, 0.717) is 17.8 Å². The summed E-state index contributed by atoms with van der Waals surface area (Å²) >= 11 is 5.98. The third-order valence-corrected chi connectivity index (χ3v) is 3.84. The predicted octanol–water partition coefficient (Wildman–Crippen LogP) is 3.84. The van der Waals surface area contributed by atoms with E-state index in [1.54, 1.807) is 6.07 Å². The third kappa shape index (κ3) is 3.63. The molecule has 1 aromatic rings. The number of aromatic carboxylic acids is 1. The molecule has 0 radical (unpaired) electrons. The second-order valence-corrected chi connectivity index (χ2v) is 6.21. The zero-order valence-corrected chi connectivity index (χ0v) is 12.7. The lowest BCUT2D eigenvalue weighted by Gasteiger charge is -2.32. The average Bonchev–Trinajstić information content (AvgIpc) is 2.88. The maximum atomic E-state index is 11.2. The molecule has 5 heteroatoms. The van der Waals surface area contributed by atoms with Gasteiger partial charge in [0.05, 0.1) is 5.56 Å². The van der Waals surface area contributed by atoms with E-state index in [-0.39, 0.29) is 10.7 Å². The summed E-state index contributed by atoms with van der Waals surface area (Å²) in [7, 11) is 0. The minimum absolute atomic E-state index is 0.201. The molecule has 1 aromatic heterocycles. The molecule has 0 unspecified atom stereocenters. The van der Waals surface area contributed by atoms with E-state index < -0.39 is 5.97 Å². The lowest BCUT2D eigenvalue weighted by Crippen LogP contribution is -2.37. The van der Waals surface area contributed by atoms with Gasteiger partial charge < -0.3 is 10.0 Å². The number of hydrogen-bond acceptors (Lipinski definition) is 3. The van der Waals surface area contributed by atoms with Crippen molar-refractivity contribution in [2.75, 3.05) is 11.4 Å². The van der Waals surface area contributed by atoms with Gasteiger partial charge in [0.15, 0.2) is 0 Å². The van der Waals surface area contributed by atoms with Gasteiger partial charge in [-0.1, -0.05) is 38.3 Å². The van der Waals surface area contributed by atoms with Crippen LogP contribution in [0.2, 0.25) is 5.15 Å². The Balaban J connectivity index is 2.34. The summed E-state index contributed by atoms with van der Waals surface area (Å²) in [5.74, 6) is 0.214. The van der Waals surface area contributed by atoms with Crippen molar-refractivity contribution in [2.24, 2.45) is 5.92 Å². The summed E-state index contributed by atoms with van der Waals surface area (Å²) in [4.78, 5) is 17.7. The van der Waals surface area contributed by atoms with E-state index >= 15 is 0 Å². The van der Waals surface area contributed by atoms with E-state index in [4.69, 9.17) is 16.7 Å². The van der Waals surface area contributed by atoms with Crippen molar-refractivity contribution in [3.8, 4) is 0 Å². The molecule has 0 aromatic carbocycles. The maximum Gasteiger partial charge on any atom is 0.335 e. The summed E-state index contributed by atoms with van der Waals surface area (Å²) in [6.45, 7) is 5.19. The van der Waals surface area contributed by atoms with Crippen LogP contribution >= 0.6 is 11.6 Å². The fourth-order valence-electron chi connectivity index (χ4n) is 2.79. The molecular formula is C15H21ClN2O2. The second-order valence-electron chi connectivity index (χ2n) is 5.83. The lowest BCUT2D eigenvalue weighted by molar-refractivity contribution is 0.0696. The minimum atomic E-state index is -0.966. The summed E-state index contributed by atoms with van der Waals surface area (Å²) < 4.78 is 0. The van der Waals surface area contributed by atoms with Crippen LogP contribution in [0.4, 0.5) is 5.82 Å². The molecule has 1 fully saturated rings. The number of pyridine rings is 1. The molecule has 1 aliphatic rings.